The number of furan rings is 1. The smallest absolute Gasteiger partial charge is 0.169 e. The van der Waals surface area contributed by atoms with E-state index in [1.54, 1.807) is 0 Å². The van der Waals surface area contributed by atoms with E-state index < -0.39 is 0 Å². The van der Waals surface area contributed by atoms with Crippen molar-refractivity contribution < 1.29 is 4.42 Å². The molecule has 0 spiro atoms. The molecule has 1 aliphatic rings. The summed E-state index contributed by atoms with van der Waals surface area (Å²) in [4.78, 5) is 4.72. The van der Waals surface area contributed by atoms with Crippen LogP contribution in [0, 0.1) is 0 Å². The van der Waals surface area contributed by atoms with E-state index in [-0.39, 0.29) is 0 Å². The largest absolute Gasteiger partial charge is 0.453 e. The van der Waals surface area contributed by atoms with Crippen molar-refractivity contribution in [3.63, 3.8) is 0 Å². The van der Waals surface area contributed by atoms with Gasteiger partial charge in [0.25, 0.3) is 0 Å². The van der Waals surface area contributed by atoms with Crippen molar-refractivity contribution in [2.24, 2.45) is 5.73 Å². The average Bonchev–Trinajstić information content (AvgIpc) is 2.67. The SMILES string of the molecule is CN1CCN(Cc2ccc(Br)o2)C(CN)C1. The van der Waals surface area contributed by atoms with Gasteiger partial charge >= 0.3 is 0 Å². The fraction of sp³-hybridized carbons (Fsp3) is 0.636. The van der Waals surface area contributed by atoms with E-state index in [0.717, 1.165) is 36.6 Å². The van der Waals surface area contributed by atoms with E-state index >= 15 is 0 Å². The normalized spacial score (nSPS) is 23.8. The van der Waals surface area contributed by atoms with E-state index in [4.69, 9.17) is 10.2 Å². The first-order valence-electron chi connectivity index (χ1n) is 5.56. The number of hydrogen-bond donors (Lipinski definition) is 1. The molecular formula is C11H18BrN3O. The quantitative estimate of drug-likeness (QED) is 0.905. The second-order valence-corrected chi connectivity index (χ2v) is 5.11. The maximum absolute atomic E-state index is 5.81. The highest BCUT2D eigenvalue weighted by atomic mass is 79.9. The fourth-order valence-corrected chi connectivity index (χ4v) is 2.46. The first kappa shape index (κ1) is 12.1. The molecule has 1 aromatic rings. The number of nitrogens with two attached hydrogens (primary N) is 1. The minimum atomic E-state index is 0.433. The summed E-state index contributed by atoms with van der Waals surface area (Å²) in [6, 6.07) is 4.38. The molecule has 16 heavy (non-hydrogen) atoms. The molecule has 5 heteroatoms. The summed E-state index contributed by atoms with van der Waals surface area (Å²) in [7, 11) is 2.14. The average molecular weight is 288 g/mol. The molecule has 0 bridgehead atoms. The van der Waals surface area contributed by atoms with E-state index in [1.165, 1.54) is 0 Å². The Morgan fingerprint density at radius 3 is 2.94 bits per heavy atom. The van der Waals surface area contributed by atoms with Gasteiger partial charge in [-0.25, -0.2) is 0 Å². The third-order valence-corrected chi connectivity index (χ3v) is 3.49. The molecule has 1 saturated heterocycles. The zero-order chi connectivity index (χ0) is 11.5. The van der Waals surface area contributed by atoms with Crippen molar-refractivity contribution in [3.8, 4) is 0 Å². The van der Waals surface area contributed by atoms with Crippen LogP contribution in [0.15, 0.2) is 21.2 Å². The van der Waals surface area contributed by atoms with Gasteiger partial charge in [0.05, 0.1) is 6.54 Å². The van der Waals surface area contributed by atoms with Gasteiger partial charge in [-0.05, 0) is 35.1 Å². The van der Waals surface area contributed by atoms with Crippen LogP contribution in [0.1, 0.15) is 5.76 Å². The minimum absolute atomic E-state index is 0.433. The Hall–Kier alpha value is -0.360. The number of nitrogens with zero attached hydrogens (tertiary/aromatic N) is 2. The van der Waals surface area contributed by atoms with Crippen LogP contribution in [0.3, 0.4) is 0 Å². The molecule has 4 nitrogen and oxygen atoms in total. The Labute approximate surface area is 105 Å². The predicted octanol–water partition coefficient (Wildman–Crippen LogP) is 1.12. The maximum atomic E-state index is 5.81. The van der Waals surface area contributed by atoms with Crippen LogP contribution in [0.5, 0.6) is 0 Å². The van der Waals surface area contributed by atoms with Crippen LogP contribution >= 0.6 is 15.9 Å². The van der Waals surface area contributed by atoms with Gasteiger partial charge in [0.2, 0.25) is 0 Å². The Balaban J connectivity index is 1.97. The first-order chi connectivity index (χ1) is 7.69. The number of likely N-dealkylation sites (N-methyl/N-ethyl adjacent to an activating group) is 1. The van der Waals surface area contributed by atoms with Crippen LogP contribution in [0.4, 0.5) is 0 Å². The first-order valence-corrected chi connectivity index (χ1v) is 6.35. The lowest BCUT2D eigenvalue weighted by molar-refractivity contribution is 0.0817. The summed E-state index contributed by atoms with van der Waals surface area (Å²) in [5.74, 6) is 0.995. The van der Waals surface area contributed by atoms with E-state index in [0.29, 0.717) is 12.6 Å². The van der Waals surface area contributed by atoms with Crippen LogP contribution < -0.4 is 5.73 Å². The predicted molar refractivity (Wildman–Crippen MR) is 67.2 cm³/mol. The Bertz CT molecular complexity index is 342. The lowest BCUT2D eigenvalue weighted by Gasteiger charge is -2.39. The lowest BCUT2D eigenvalue weighted by atomic mass is 10.1. The van der Waals surface area contributed by atoms with E-state index in [9.17, 15) is 0 Å². The van der Waals surface area contributed by atoms with Crippen molar-refractivity contribution in [1.29, 1.82) is 0 Å². The van der Waals surface area contributed by atoms with Crippen LogP contribution in [0.25, 0.3) is 0 Å². The van der Waals surface area contributed by atoms with Gasteiger partial charge in [0, 0.05) is 32.2 Å². The fourth-order valence-electron chi connectivity index (χ4n) is 2.12. The number of halogens is 1. The molecule has 0 saturated carbocycles. The summed E-state index contributed by atoms with van der Waals surface area (Å²) in [5.41, 5.74) is 5.81. The van der Waals surface area contributed by atoms with Crippen molar-refractivity contribution in [2.45, 2.75) is 12.6 Å². The highest BCUT2D eigenvalue weighted by molar-refractivity contribution is 9.10. The third kappa shape index (κ3) is 2.85. The molecule has 2 N–H and O–H groups in total. The standard InChI is InChI=1S/C11H18BrN3O/c1-14-4-5-15(9(6-13)7-14)8-10-2-3-11(12)16-10/h2-3,9H,4-8,13H2,1H3. The molecule has 0 radical (unpaired) electrons. The molecular weight excluding hydrogens is 270 g/mol. The molecule has 90 valence electrons. The monoisotopic (exact) mass is 287 g/mol. The van der Waals surface area contributed by atoms with Crippen molar-refractivity contribution in [1.82, 2.24) is 9.80 Å². The molecule has 2 rings (SSSR count). The summed E-state index contributed by atoms with van der Waals surface area (Å²) in [6.07, 6.45) is 0. The maximum Gasteiger partial charge on any atom is 0.169 e. The summed E-state index contributed by atoms with van der Waals surface area (Å²) >= 11 is 3.32. The second kappa shape index (κ2) is 5.31. The van der Waals surface area contributed by atoms with E-state index in [2.05, 4.69) is 32.8 Å². The molecule has 0 aromatic carbocycles. The van der Waals surface area contributed by atoms with Crippen molar-refractivity contribution >= 4 is 15.9 Å². The van der Waals surface area contributed by atoms with Crippen LogP contribution in [-0.4, -0.2) is 49.1 Å². The molecule has 2 heterocycles. The van der Waals surface area contributed by atoms with Gasteiger partial charge in [-0.1, -0.05) is 0 Å². The van der Waals surface area contributed by atoms with Gasteiger partial charge in [0.15, 0.2) is 4.67 Å². The zero-order valence-corrected chi connectivity index (χ0v) is 11.1. The van der Waals surface area contributed by atoms with Gasteiger partial charge in [-0.3, -0.25) is 4.90 Å². The number of hydrogen-bond acceptors (Lipinski definition) is 4. The molecule has 0 aliphatic carbocycles. The highest BCUT2D eigenvalue weighted by Crippen LogP contribution is 2.18. The summed E-state index contributed by atoms with van der Waals surface area (Å²) in [6.45, 7) is 4.74. The Morgan fingerprint density at radius 2 is 2.31 bits per heavy atom. The van der Waals surface area contributed by atoms with Crippen LogP contribution in [-0.2, 0) is 6.54 Å². The van der Waals surface area contributed by atoms with Gasteiger partial charge in [-0.15, -0.1) is 0 Å². The molecule has 0 amide bonds. The molecule has 1 aliphatic heterocycles. The zero-order valence-electron chi connectivity index (χ0n) is 9.53. The molecule has 1 aromatic heterocycles. The minimum Gasteiger partial charge on any atom is -0.453 e. The lowest BCUT2D eigenvalue weighted by Crippen LogP contribution is -2.54. The van der Waals surface area contributed by atoms with Gasteiger partial charge in [0.1, 0.15) is 5.76 Å². The number of piperazine rings is 1. The highest BCUT2D eigenvalue weighted by Gasteiger charge is 2.24. The second-order valence-electron chi connectivity index (χ2n) is 4.33. The molecule has 1 atom stereocenters. The summed E-state index contributed by atoms with van der Waals surface area (Å²) < 4.78 is 6.32. The topological polar surface area (TPSA) is 45.6 Å². The van der Waals surface area contributed by atoms with E-state index in [1.807, 2.05) is 12.1 Å². The Morgan fingerprint density at radius 1 is 1.50 bits per heavy atom. The van der Waals surface area contributed by atoms with Crippen molar-refractivity contribution in [3.05, 3.63) is 22.6 Å². The number of rotatable bonds is 3. The van der Waals surface area contributed by atoms with Crippen LogP contribution in [0.2, 0.25) is 0 Å². The Kier molecular flexibility index (Phi) is 4.02. The third-order valence-electron chi connectivity index (χ3n) is 3.07. The molecule has 1 unspecified atom stereocenters. The summed E-state index contributed by atoms with van der Waals surface area (Å²) in [5, 5.41) is 0. The van der Waals surface area contributed by atoms with Gasteiger partial charge < -0.3 is 15.1 Å². The molecule has 1 fully saturated rings. The van der Waals surface area contributed by atoms with Gasteiger partial charge in [-0.2, -0.15) is 0 Å². The van der Waals surface area contributed by atoms with Crippen molar-refractivity contribution in [2.75, 3.05) is 33.2 Å².